The molecule has 25 heavy (non-hydrogen) atoms. The van der Waals surface area contributed by atoms with Crippen LogP contribution < -0.4 is 10.4 Å². The minimum Gasteiger partial charge on any atom is -0.407 e. The Morgan fingerprint density at radius 3 is 2.36 bits per heavy atom. The van der Waals surface area contributed by atoms with Gasteiger partial charge in [0.1, 0.15) is 5.69 Å². The Bertz CT molecular complexity index is 634. The van der Waals surface area contributed by atoms with E-state index in [0.717, 1.165) is 0 Å². The van der Waals surface area contributed by atoms with E-state index < -0.39 is 7.12 Å². The molecule has 0 N–H and O–H groups in total. The van der Waals surface area contributed by atoms with Gasteiger partial charge in [-0.2, -0.15) is 0 Å². The average molecular weight is 348 g/mol. The van der Waals surface area contributed by atoms with Gasteiger partial charge in [-0.15, -0.1) is 0 Å². The second kappa shape index (κ2) is 6.94. The molecule has 0 saturated carbocycles. The van der Waals surface area contributed by atoms with Crippen LogP contribution in [-0.2, 0) is 14.0 Å². The van der Waals surface area contributed by atoms with Gasteiger partial charge in [0, 0.05) is 37.8 Å². The number of hydrogen-bond acceptors (Lipinski definition) is 6. The maximum Gasteiger partial charge on any atom is 0.494 e. The van der Waals surface area contributed by atoms with E-state index in [4.69, 9.17) is 14.0 Å². The Kier molecular flexibility index (Phi) is 5.04. The normalized spacial score (nSPS) is 26.6. The number of nitrogens with zero attached hydrogens (tertiary/aromatic N) is 2. The van der Waals surface area contributed by atoms with Crippen molar-refractivity contribution in [1.29, 1.82) is 0 Å². The van der Waals surface area contributed by atoms with Crippen molar-refractivity contribution in [1.82, 2.24) is 0 Å². The molecule has 2 heterocycles. The Hall–Kier alpha value is -1.64. The molecule has 0 aliphatic carbocycles. The lowest BCUT2D eigenvalue weighted by Crippen LogP contribution is -2.48. The van der Waals surface area contributed by atoms with E-state index in [1.807, 2.05) is 24.8 Å². The molecule has 1 aromatic carbocycles. The average Bonchev–Trinajstić information content (AvgIpc) is 2.53. The zero-order valence-electron chi connectivity index (χ0n) is 15.2. The van der Waals surface area contributed by atoms with Crippen LogP contribution in [0.15, 0.2) is 18.2 Å². The second-order valence-corrected chi connectivity index (χ2v) is 7.79. The fraction of sp³-hybridized carbons (Fsp3) is 0.647. The van der Waals surface area contributed by atoms with Crippen LogP contribution in [0.1, 0.15) is 27.7 Å². The summed E-state index contributed by atoms with van der Waals surface area (Å²) in [6, 6.07) is 5.23. The number of nitro benzene ring substituents is 1. The number of anilines is 1. The van der Waals surface area contributed by atoms with Crippen LogP contribution in [0.25, 0.3) is 0 Å². The third kappa shape index (κ3) is 4.13. The van der Waals surface area contributed by atoms with Crippen LogP contribution in [0.2, 0.25) is 0 Å². The molecule has 2 atom stereocenters. The third-order valence-electron chi connectivity index (χ3n) is 4.48. The summed E-state index contributed by atoms with van der Waals surface area (Å²) in [5.74, 6) is 0. The maximum atomic E-state index is 11.6. The molecule has 0 amide bonds. The van der Waals surface area contributed by atoms with Gasteiger partial charge in [-0.1, -0.05) is 19.9 Å². The number of ether oxygens (including phenoxy) is 1. The van der Waals surface area contributed by atoms with Gasteiger partial charge in [0.2, 0.25) is 0 Å². The minimum absolute atomic E-state index is 0.0373. The van der Waals surface area contributed by atoms with E-state index in [1.54, 1.807) is 12.1 Å². The third-order valence-corrected chi connectivity index (χ3v) is 4.48. The summed E-state index contributed by atoms with van der Waals surface area (Å²) in [6.07, 6.45) is 0.0746. The lowest BCUT2D eigenvalue weighted by molar-refractivity contribution is -0.384. The van der Waals surface area contributed by atoms with Crippen molar-refractivity contribution in [2.75, 3.05) is 31.2 Å². The van der Waals surface area contributed by atoms with E-state index in [-0.39, 0.29) is 28.2 Å². The number of rotatable bonds is 3. The van der Waals surface area contributed by atoms with Crippen LogP contribution in [0.5, 0.6) is 0 Å². The van der Waals surface area contributed by atoms with Crippen LogP contribution >= 0.6 is 0 Å². The molecule has 0 radical (unpaired) electrons. The van der Waals surface area contributed by atoms with E-state index in [1.165, 1.54) is 0 Å². The van der Waals surface area contributed by atoms with Crippen LogP contribution in [0.3, 0.4) is 0 Å². The summed E-state index contributed by atoms with van der Waals surface area (Å²) < 4.78 is 17.2. The molecular weight excluding hydrogens is 323 g/mol. The van der Waals surface area contributed by atoms with Gasteiger partial charge in [0.05, 0.1) is 17.1 Å². The molecule has 8 heteroatoms. The van der Waals surface area contributed by atoms with Gasteiger partial charge >= 0.3 is 7.12 Å². The highest BCUT2D eigenvalue weighted by Gasteiger charge is 2.35. The topological polar surface area (TPSA) is 74.1 Å². The predicted molar refractivity (Wildman–Crippen MR) is 96.4 cm³/mol. The molecule has 2 aliphatic rings. The molecule has 2 saturated heterocycles. The quantitative estimate of drug-likeness (QED) is 0.472. The standard InChI is InChI=1S/C17H25BN2O5/c1-12-8-19(9-13(2)25-12)15-6-5-14(7-16(15)20(21)22)18-23-10-17(3,4)11-24-18/h5-7,12-13H,8-11H2,1-4H3. The summed E-state index contributed by atoms with van der Waals surface area (Å²) in [5, 5.41) is 11.6. The lowest BCUT2D eigenvalue weighted by Gasteiger charge is -2.36. The fourth-order valence-electron chi connectivity index (χ4n) is 3.36. The molecule has 0 spiro atoms. The molecule has 2 fully saturated rings. The van der Waals surface area contributed by atoms with Gasteiger partial charge in [-0.25, -0.2) is 0 Å². The van der Waals surface area contributed by atoms with Crippen LogP contribution in [0.4, 0.5) is 11.4 Å². The van der Waals surface area contributed by atoms with E-state index >= 15 is 0 Å². The number of hydrogen-bond donors (Lipinski definition) is 0. The van der Waals surface area contributed by atoms with Crippen molar-refractivity contribution >= 4 is 24.0 Å². The van der Waals surface area contributed by atoms with Gasteiger partial charge in [-0.3, -0.25) is 10.1 Å². The van der Waals surface area contributed by atoms with Crippen LogP contribution in [-0.4, -0.2) is 50.6 Å². The maximum absolute atomic E-state index is 11.6. The second-order valence-electron chi connectivity index (χ2n) is 7.79. The van der Waals surface area contributed by atoms with Gasteiger partial charge in [0.15, 0.2) is 0 Å². The Balaban J connectivity index is 1.85. The highest BCUT2D eigenvalue weighted by molar-refractivity contribution is 6.61. The molecule has 7 nitrogen and oxygen atoms in total. The van der Waals surface area contributed by atoms with E-state index in [2.05, 4.69) is 13.8 Å². The van der Waals surface area contributed by atoms with Gasteiger partial charge < -0.3 is 18.9 Å². The first kappa shape index (κ1) is 18.2. The van der Waals surface area contributed by atoms with Crippen molar-refractivity contribution in [3.8, 4) is 0 Å². The molecule has 1 aromatic rings. The monoisotopic (exact) mass is 348 g/mol. The molecule has 136 valence electrons. The first-order chi connectivity index (χ1) is 11.7. The zero-order valence-corrected chi connectivity index (χ0v) is 15.2. The summed E-state index contributed by atoms with van der Waals surface area (Å²) in [4.78, 5) is 13.3. The minimum atomic E-state index is -0.552. The van der Waals surface area contributed by atoms with Crippen molar-refractivity contribution < 1.29 is 19.0 Å². The first-order valence-electron chi connectivity index (χ1n) is 8.67. The summed E-state index contributed by atoms with van der Waals surface area (Å²) in [6.45, 7) is 10.5. The summed E-state index contributed by atoms with van der Waals surface area (Å²) >= 11 is 0. The smallest absolute Gasteiger partial charge is 0.407 e. The first-order valence-corrected chi connectivity index (χ1v) is 8.67. The highest BCUT2D eigenvalue weighted by Crippen LogP contribution is 2.30. The van der Waals surface area contributed by atoms with Crippen molar-refractivity contribution in [2.24, 2.45) is 5.41 Å². The van der Waals surface area contributed by atoms with Gasteiger partial charge in [0.25, 0.3) is 5.69 Å². The molecule has 0 bridgehead atoms. The molecule has 0 aromatic heterocycles. The SMILES string of the molecule is CC1CN(c2ccc(B3OCC(C)(C)CO3)cc2[N+](=O)[O-])CC(C)O1. The number of nitro groups is 1. The van der Waals surface area contributed by atoms with E-state index in [0.29, 0.717) is 37.5 Å². The fourth-order valence-corrected chi connectivity index (χ4v) is 3.36. The summed E-state index contributed by atoms with van der Waals surface area (Å²) in [5.41, 5.74) is 1.34. The Labute approximate surface area is 148 Å². The Morgan fingerprint density at radius 1 is 1.20 bits per heavy atom. The molecule has 2 aliphatic heterocycles. The highest BCUT2D eigenvalue weighted by atomic mass is 16.6. The molecule has 3 rings (SSSR count). The zero-order chi connectivity index (χ0) is 18.2. The largest absolute Gasteiger partial charge is 0.494 e. The van der Waals surface area contributed by atoms with Crippen molar-refractivity contribution in [2.45, 2.75) is 39.9 Å². The Morgan fingerprint density at radius 2 is 1.80 bits per heavy atom. The van der Waals surface area contributed by atoms with Crippen molar-refractivity contribution in [3.63, 3.8) is 0 Å². The molecular formula is C17H25BN2O5. The summed E-state index contributed by atoms with van der Waals surface area (Å²) in [7, 11) is -0.552. The van der Waals surface area contributed by atoms with Crippen molar-refractivity contribution in [3.05, 3.63) is 28.3 Å². The predicted octanol–water partition coefficient (Wildman–Crippen LogP) is 1.98. The van der Waals surface area contributed by atoms with E-state index in [9.17, 15) is 10.1 Å². The molecule has 2 unspecified atom stereocenters. The number of morpholine rings is 1. The van der Waals surface area contributed by atoms with Crippen LogP contribution in [0, 0.1) is 15.5 Å². The lowest BCUT2D eigenvalue weighted by atomic mass is 9.75. The van der Waals surface area contributed by atoms with Gasteiger partial charge in [-0.05, 0) is 25.4 Å². The number of benzene rings is 1.